The van der Waals surface area contributed by atoms with Gasteiger partial charge in [0, 0.05) is 61.3 Å². The first-order chi connectivity index (χ1) is 20.5. The average molecular weight is 600 g/mol. The number of benzene rings is 2. The third-order valence-electron chi connectivity index (χ3n) is 8.18. The Hall–Kier alpha value is -4.23. The van der Waals surface area contributed by atoms with Gasteiger partial charge in [0.05, 0.1) is 24.8 Å². The minimum absolute atomic E-state index is 0.0679. The van der Waals surface area contributed by atoms with Crippen LogP contribution in [0.3, 0.4) is 0 Å². The number of nitrogens with one attached hydrogen (secondary N) is 1. The third kappa shape index (κ3) is 6.13. The van der Waals surface area contributed by atoms with E-state index in [1.54, 1.807) is 36.5 Å². The van der Waals surface area contributed by atoms with Gasteiger partial charge in [-0.1, -0.05) is 36.4 Å². The summed E-state index contributed by atoms with van der Waals surface area (Å²) in [6, 6.07) is 10.9. The topological polar surface area (TPSA) is 105 Å². The number of halogens is 4. The number of hydrogen-bond donors (Lipinski definition) is 2. The SMILES string of the molecule is Cc1c(N2CCN(C(C)c3cn[nH]c3)CC2)c(=O)n(C[C@H](N)c2ccccc2)c(=O)n1Cc1c(F)cccc1C(F)(F)F. The van der Waals surface area contributed by atoms with Crippen molar-refractivity contribution >= 4 is 5.69 Å². The van der Waals surface area contributed by atoms with Gasteiger partial charge in [-0.2, -0.15) is 18.3 Å². The molecule has 43 heavy (non-hydrogen) atoms. The molecule has 0 spiro atoms. The highest BCUT2D eigenvalue weighted by Crippen LogP contribution is 2.34. The van der Waals surface area contributed by atoms with E-state index in [2.05, 4.69) is 22.0 Å². The Morgan fingerprint density at radius 1 is 0.977 bits per heavy atom. The summed E-state index contributed by atoms with van der Waals surface area (Å²) in [6.07, 6.45) is -1.27. The zero-order chi connectivity index (χ0) is 30.9. The number of anilines is 1. The fourth-order valence-corrected chi connectivity index (χ4v) is 5.68. The van der Waals surface area contributed by atoms with Crippen molar-refractivity contribution in [3.8, 4) is 0 Å². The van der Waals surface area contributed by atoms with Gasteiger partial charge in [0.25, 0.3) is 5.56 Å². The molecule has 2 aromatic carbocycles. The first-order valence-electron chi connectivity index (χ1n) is 13.9. The predicted molar refractivity (Wildman–Crippen MR) is 154 cm³/mol. The highest BCUT2D eigenvalue weighted by molar-refractivity contribution is 5.50. The minimum Gasteiger partial charge on any atom is -0.363 e. The number of H-pyrrole nitrogens is 1. The monoisotopic (exact) mass is 599 g/mol. The molecule has 228 valence electrons. The molecule has 5 rings (SSSR count). The van der Waals surface area contributed by atoms with Gasteiger partial charge in [-0.25, -0.2) is 9.18 Å². The molecule has 3 N–H and O–H groups in total. The summed E-state index contributed by atoms with van der Waals surface area (Å²) in [6.45, 7) is 4.65. The Labute approximate surface area is 245 Å². The molecule has 1 aliphatic heterocycles. The van der Waals surface area contributed by atoms with Crippen molar-refractivity contribution in [2.45, 2.75) is 45.2 Å². The lowest BCUT2D eigenvalue weighted by Gasteiger charge is -2.39. The van der Waals surface area contributed by atoms with Gasteiger partial charge in [0.1, 0.15) is 11.5 Å². The van der Waals surface area contributed by atoms with Crippen molar-refractivity contribution in [3.63, 3.8) is 0 Å². The van der Waals surface area contributed by atoms with Crippen molar-refractivity contribution in [3.05, 3.63) is 116 Å². The maximum atomic E-state index is 14.9. The Morgan fingerprint density at radius 2 is 1.67 bits per heavy atom. The van der Waals surface area contributed by atoms with Crippen LogP contribution in [0, 0.1) is 12.7 Å². The van der Waals surface area contributed by atoms with Gasteiger partial charge in [-0.15, -0.1) is 0 Å². The molecule has 1 fully saturated rings. The number of alkyl halides is 3. The fraction of sp³-hybridized carbons (Fsp3) is 0.367. The summed E-state index contributed by atoms with van der Waals surface area (Å²) in [7, 11) is 0. The summed E-state index contributed by atoms with van der Waals surface area (Å²) in [5.41, 5.74) is 5.12. The van der Waals surface area contributed by atoms with Gasteiger partial charge >= 0.3 is 11.9 Å². The maximum Gasteiger partial charge on any atom is 0.416 e. The van der Waals surface area contributed by atoms with E-state index in [0.29, 0.717) is 31.7 Å². The molecular weight excluding hydrogens is 566 g/mol. The smallest absolute Gasteiger partial charge is 0.363 e. The molecule has 1 saturated heterocycles. The van der Waals surface area contributed by atoms with Crippen LogP contribution in [0.25, 0.3) is 0 Å². The Bertz CT molecular complexity index is 1680. The van der Waals surface area contributed by atoms with Crippen LogP contribution in [-0.4, -0.2) is 50.4 Å². The second-order valence-corrected chi connectivity index (χ2v) is 10.7. The number of hydrogen-bond acceptors (Lipinski definition) is 6. The highest BCUT2D eigenvalue weighted by atomic mass is 19.4. The molecule has 1 unspecified atom stereocenters. The van der Waals surface area contributed by atoms with Crippen LogP contribution in [0.4, 0.5) is 23.2 Å². The first-order valence-corrected chi connectivity index (χ1v) is 13.9. The standard InChI is InChI=1S/C30H33F4N7O2/c1-19(22-15-36-37-16-22)38-11-13-39(14-12-38)27-20(2)40(17-23-24(30(32,33)34)9-6-10-25(23)31)29(43)41(28(27)42)18-26(35)21-7-4-3-5-8-21/h3-10,15-16,19,26H,11-14,17-18,35H2,1-2H3,(H,36,37)/t19?,26-/m0/s1. The van der Waals surface area contributed by atoms with Gasteiger partial charge in [0.15, 0.2) is 0 Å². The molecule has 0 radical (unpaired) electrons. The summed E-state index contributed by atoms with van der Waals surface area (Å²) in [4.78, 5) is 31.8. The third-order valence-corrected chi connectivity index (χ3v) is 8.18. The lowest BCUT2D eigenvalue weighted by Crippen LogP contribution is -2.52. The van der Waals surface area contributed by atoms with Crippen LogP contribution in [0.5, 0.6) is 0 Å². The van der Waals surface area contributed by atoms with Crippen LogP contribution in [0.1, 0.15) is 47.0 Å². The van der Waals surface area contributed by atoms with E-state index in [-0.39, 0.29) is 24.0 Å². The molecule has 13 heteroatoms. The van der Waals surface area contributed by atoms with Crippen LogP contribution in [0.2, 0.25) is 0 Å². The van der Waals surface area contributed by atoms with Crippen molar-refractivity contribution in [1.82, 2.24) is 24.2 Å². The van der Waals surface area contributed by atoms with Crippen LogP contribution in [-0.2, 0) is 19.3 Å². The highest BCUT2D eigenvalue weighted by Gasteiger charge is 2.35. The molecule has 2 atom stereocenters. The van der Waals surface area contributed by atoms with Crippen molar-refractivity contribution in [2.24, 2.45) is 5.73 Å². The predicted octanol–water partition coefficient (Wildman–Crippen LogP) is 3.83. The normalized spacial score (nSPS) is 15.9. The second-order valence-electron chi connectivity index (χ2n) is 10.7. The molecular formula is C30H33F4N7O2. The van der Waals surface area contributed by atoms with E-state index >= 15 is 0 Å². The molecule has 9 nitrogen and oxygen atoms in total. The first kappa shape index (κ1) is 30.2. The number of aromatic nitrogens is 4. The van der Waals surface area contributed by atoms with Crippen molar-refractivity contribution in [2.75, 3.05) is 31.1 Å². The van der Waals surface area contributed by atoms with E-state index in [1.807, 2.05) is 11.1 Å². The fourth-order valence-electron chi connectivity index (χ4n) is 5.68. The van der Waals surface area contributed by atoms with E-state index < -0.39 is 47.0 Å². The van der Waals surface area contributed by atoms with Crippen LogP contribution >= 0.6 is 0 Å². The number of nitrogens with two attached hydrogens (primary N) is 1. The Kier molecular flexibility index (Phi) is 8.56. The van der Waals surface area contributed by atoms with Crippen molar-refractivity contribution in [1.29, 1.82) is 0 Å². The Balaban J connectivity index is 1.57. The zero-order valence-electron chi connectivity index (χ0n) is 23.8. The van der Waals surface area contributed by atoms with Gasteiger partial charge in [-0.05, 0) is 31.5 Å². The van der Waals surface area contributed by atoms with Gasteiger partial charge in [0.2, 0.25) is 0 Å². The summed E-state index contributed by atoms with van der Waals surface area (Å²) < 4.78 is 58.5. The molecule has 0 bridgehead atoms. The molecule has 0 saturated carbocycles. The second kappa shape index (κ2) is 12.2. The van der Waals surface area contributed by atoms with E-state index in [4.69, 9.17) is 5.73 Å². The molecule has 0 amide bonds. The zero-order valence-corrected chi connectivity index (χ0v) is 23.8. The molecule has 0 aliphatic carbocycles. The van der Waals surface area contributed by atoms with Gasteiger partial charge < -0.3 is 10.6 Å². The van der Waals surface area contributed by atoms with Crippen LogP contribution < -0.4 is 21.9 Å². The molecule has 4 aromatic rings. The summed E-state index contributed by atoms with van der Waals surface area (Å²) in [5, 5.41) is 6.82. The maximum absolute atomic E-state index is 14.9. The average Bonchev–Trinajstić information content (AvgIpc) is 3.53. The number of aromatic amines is 1. The molecule has 3 heterocycles. The Morgan fingerprint density at radius 3 is 2.30 bits per heavy atom. The van der Waals surface area contributed by atoms with Crippen molar-refractivity contribution < 1.29 is 17.6 Å². The molecule has 1 aliphatic rings. The van der Waals surface area contributed by atoms with Gasteiger partial charge in [-0.3, -0.25) is 23.9 Å². The summed E-state index contributed by atoms with van der Waals surface area (Å²) >= 11 is 0. The number of piperazine rings is 1. The van der Waals surface area contributed by atoms with E-state index in [0.717, 1.165) is 32.9 Å². The summed E-state index contributed by atoms with van der Waals surface area (Å²) in [5.74, 6) is -1.09. The number of rotatable bonds is 8. The van der Waals surface area contributed by atoms with E-state index in [9.17, 15) is 27.2 Å². The quantitative estimate of drug-likeness (QED) is 0.299. The lowest BCUT2D eigenvalue weighted by atomic mass is 10.1. The lowest BCUT2D eigenvalue weighted by molar-refractivity contribution is -0.138. The van der Waals surface area contributed by atoms with E-state index in [1.165, 1.54) is 6.92 Å². The largest absolute Gasteiger partial charge is 0.416 e. The minimum atomic E-state index is -4.84. The number of nitrogens with zero attached hydrogens (tertiary/aromatic N) is 5. The molecule has 2 aromatic heterocycles. The van der Waals surface area contributed by atoms with Crippen LogP contribution in [0.15, 0.2) is 70.5 Å².